The lowest BCUT2D eigenvalue weighted by molar-refractivity contribution is 0.435. The maximum Gasteiger partial charge on any atom is 0.263 e. The van der Waals surface area contributed by atoms with Crippen molar-refractivity contribution < 1.29 is 12.9 Å². The first-order valence-electron chi connectivity index (χ1n) is 7.28. The molecule has 0 atom stereocenters. The van der Waals surface area contributed by atoms with Gasteiger partial charge in [-0.3, -0.25) is 4.72 Å². The van der Waals surface area contributed by atoms with Gasteiger partial charge in [-0.2, -0.15) is 0 Å². The molecular formula is C17H17N3O3S. The molecule has 3 N–H and O–H groups in total. The predicted octanol–water partition coefficient (Wildman–Crippen LogP) is 3.34. The fourth-order valence-electron chi connectivity index (χ4n) is 2.30. The van der Waals surface area contributed by atoms with Crippen LogP contribution in [0.25, 0.3) is 11.3 Å². The van der Waals surface area contributed by atoms with Gasteiger partial charge in [0, 0.05) is 17.3 Å². The van der Waals surface area contributed by atoms with Crippen LogP contribution >= 0.6 is 0 Å². The zero-order valence-corrected chi connectivity index (χ0v) is 14.1. The van der Waals surface area contributed by atoms with Crippen molar-refractivity contribution in [1.29, 1.82) is 0 Å². The quantitative estimate of drug-likeness (QED) is 0.708. The molecule has 3 aromatic rings. The highest BCUT2D eigenvalue weighted by Crippen LogP contribution is 2.27. The Labute approximate surface area is 140 Å². The van der Waals surface area contributed by atoms with Gasteiger partial charge in [-0.05, 0) is 49.7 Å². The number of anilines is 2. The van der Waals surface area contributed by atoms with E-state index in [-0.39, 0.29) is 10.7 Å². The molecule has 124 valence electrons. The Balaban J connectivity index is 1.88. The van der Waals surface area contributed by atoms with Gasteiger partial charge in [0.1, 0.15) is 0 Å². The smallest absolute Gasteiger partial charge is 0.263 e. The third-order valence-electron chi connectivity index (χ3n) is 3.60. The second kappa shape index (κ2) is 6.01. The molecule has 0 aliphatic rings. The van der Waals surface area contributed by atoms with Gasteiger partial charge < -0.3 is 10.3 Å². The summed E-state index contributed by atoms with van der Waals surface area (Å²) in [4.78, 5) is 0.105. The molecule has 0 saturated carbocycles. The fourth-order valence-corrected chi connectivity index (χ4v) is 3.28. The largest absolute Gasteiger partial charge is 0.399 e. The molecule has 0 bridgehead atoms. The van der Waals surface area contributed by atoms with Crippen molar-refractivity contribution in [1.82, 2.24) is 5.16 Å². The second-order valence-electron chi connectivity index (χ2n) is 5.57. The Kier molecular flexibility index (Phi) is 4.02. The maximum atomic E-state index is 12.3. The molecule has 1 heterocycles. The number of rotatable bonds is 4. The van der Waals surface area contributed by atoms with Crippen molar-refractivity contribution >= 4 is 21.5 Å². The zero-order valence-electron chi connectivity index (χ0n) is 13.3. The summed E-state index contributed by atoms with van der Waals surface area (Å²) >= 11 is 0. The minimum Gasteiger partial charge on any atom is -0.399 e. The lowest BCUT2D eigenvalue weighted by Crippen LogP contribution is -2.13. The highest BCUT2D eigenvalue weighted by atomic mass is 32.2. The second-order valence-corrected chi connectivity index (χ2v) is 7.25. The van der Waals surface area contributed by atoms with Crippen LogP contribution in [0, 0.1) is 13.8 Å². The Bertz CT molecular complexity index is 977. The predicted molar refractivity (Wildman–Crippen MR) is 93.1 cm³/mol. The fraction of sp³-hybridized carbons (Fsp3) is 0.118. The van der Waals surface area contributed by atoms with Crippen molar-refractivity contribution in [3.8, 4) is 11.3 Å². The first-order chi connectivity index (χ1) is 11.3. The normalized spacial score (nSPS) is 11.4. The van der Waals surface area contributed by atoms with Crippen molar-refractivity contribution in [3.63, 3.8) is 0 Å². The molecule has 7 heteroatoms. The van der Waals surface area contributed by atoms with Crippen LogP contribution in [-0.4, -0.2) is 13.6 Å². The van der Waals surface area contributed by atoms with E-state index in [9.17, 15) is 8.42 Å². The number of nitrogens with zero attached hydrogens (tertiary/aromatic N) is 1. The molecule has 0 unspecified atom stereocenters. The number of benzene rings is 2. The Hall–Kier alpha value is -2.80. The van der Waals surface area contributed by atoms with Crippen LogP contribution in [0.2, 0.25) is 0 Å². The number of sulfonamides is 1. The van der Waals surface area contributed by atoms with Crippen LogP contribution < -0.4 is 10.5 Å². The van der Waals surface area contributed by atoms with E-state index in [0.717, 1.165) is 16.7 Å². The van der Waals surface area contributed by atoms with E-state index in [2.05, 4.69) is 9.88 Å². The number of aromatic nitrogens is 1. The van der Waals surface area contributed by atoms with Crippen LogP contribution in [0.15, 0.2) is 57.9 Å². The number of nitrogen functional groups attached to an aromatic ring is 1. The average molecular weight is 343 g/mol. The van der Waals surface area contributed by atoms with Crippen LogP contribution in [-0.2, 0) is 10.0 Å². The van der Waals surface area contributed by atoms with Gasteiger partial charge in [0.15, 0.2) is 11.6 Å². The minimum atomic E-state index is -3.75. The molecule has 0 aliphatic heterocycles. The highest BCUT2D eigenvalue weighted by molar-refractivity contribution is 7.92. The van der Waals surface area contributed by atoms with E-state index in [1.54, 1.807) is 6.07 Å². The summed E-state index contributed by atoms with van der Waals surface area (Å²) in [6.07, 6.45) is 0. The summed E-state index contributed by atoms with van der Waals surface area (Å²) in [5, 5.41) is 3.80. The molecule has 0 amide bonds. The highest BCUT2D eigenvalue weighted by Gasteiger charge is 2.17. The minimum absolute atomic E-state index is 0.105. The Morgan fingerprint density at radius 3 is 2.46 bits per heavy atom. The summed E-state index contributed by atoms with van der Waals surface area (Å²) in [6, 6.07) is 13.4. The summed E-state index contributed by atoms with van der Waals surface area (Å²) in [5.74, 6) is 0.633. The molecule has 0 fully saturated rings. The van der Waals surface area contributed by atoms with E-state index in [1.165, 1.54) is 24.3 Å². The van der Waals surface area contributed by atoms with Crippen molar-refractivity contribution in [2.24, 2.45) is 0 Å². The molecule has 0 saturated heterocycles. The number of hydrogen-bond donors (Lipinski definition) is 2. The molecule has 0 aliphatic carbocycles. The molecule has 0 spiro atoms. The third kappa shape index (κ3) is 3.26. The first kappa shape index (κ1) is 16.1. The molecule has 1 aromatic heterocycles. The number of nitrogens with two attached hydrogens (primary N) is 1. The number of aryl methyl sites for hydroxylation is 2. The summed E-state index contributed by atoms with van der Waals surface area (Å²) < 4.78 is 32.4. The Morgan fingerprint density at radius 2 is 1.75 bits per heavy atom. The van der Waals surface area contributed by atoms with Gasteiger partial charge in [-0.25, -0.2) is 8.42 Å². The van der Waals surface area contributed by atoms with Gasteiger partial charge in [-0.1, -0.05) is 22.9 Å². The monoisotopic (exact) mass is 343 g/mol. The molecular weight excluding hydrogens is 326 g/mol. The van der Waals surface area contributed by atoms with Crippen LogP contribution in [0.4, 0.5) is 11.5 Å². The molecule has 0 radical (unpaired) electrons. The van der Waals surface area contributed by atoms with E-state index in [0.29, 0.717) is 11.4 Å². The van der Waals surface area contributed by atoms with Crippen molar-refractivity contribution in [2.75, 3.05) is 10.5 Å². The summed E-state index contributed by atoms with van der Waals surface area (Å²) in [5.41, 5.74) is 9.04. The molecule has 6 nitrogen and oxygen atoms in total. The summed E-state index contributed by atoms with van der Waals surface area (Å²) in [6.45, 7) is 3.93. The van der Waals surface area contributed by atoms with E-state index >= 15 is 0 Å². The van der Waals surface area contributed by atoms with E-state index < -0.39 is 10.0 Å². The number of nitrogens with one attached hydrogen (secondary N) is 1. The molecule has 24 heavy (non-hydrogen) atoms. The standard InChI is InChI=1S/C17H17N3O3S/c1-11-3-4-12(2)15(9-11)16-10-17(19-23-16)20-24(21,22)14-7-5-13(18)6-8-14/h3-10H,18H2,1-2H3,(H,19,20). The van der Waals surface area contributed by atoms with Crippen LogP contribution in [0.3, 0.4) is 0 Å². The SMILES string of the molecule is Cc1ccc(C)c(-c2cc(NS(=O)(=O)c3ccc(N)cc3)no2)c1. The lowest BCUT2D eigenvalue weighted by atomic mass is 10.0. The van der Waals surface area contributed by atoms with Crippen molar-refractivity contribution in [3.05, 3.63) is 59.7 Å². The van der Waals surface area contributed by atoms with Crippen molar-refractivity contribution in [2.45, 2.75) is 18.7 Å². The molecule has 3 rings (SSSR count). The third-order valence-corrected chi connectivity index (χ3v) is 4.97. The van der Waals surface area contributed by atoms with Crippen LogP contribution in [0.5, 0.6) is 0 Å². The van der Waals surface area contributed by atoms with Gasteiger partial charge in [-0.15, -0.1) is 0 Å². The van der Waals surface area contributed by atoms with E-state index in [1.807, 2.05) is 32.0 Å². The zero-order chi connectivity index (χ0) is 17.3. The Morgan fingerprint density at radius 1 is 1.04 bits per heavy atom. The number of hydrogen-bond acceptors (Lipinski definition) is 5. The maximum absolute atomic E-state index is 12.3. The van der Waals surface area contributed by atoms with Gasteiger partial charge >= 0.3 is 0 Å². The first-order valence-corrected chi connectivity index (χ1v) is 8.76. The topological polar surface area (TPSA) is 98.2 Å². The lowest BCUT2D eigenvalue weighted by Gasteiger charge is -2.04. The molecule has 2 aromatic carbocycles. The van der Waals surface area contributed by atoms with E-state index in [4.69, 9.17) is 10.3 Å². The average Bonchev–Trinajstić information content (AvgIpc) is 2.97. The van der Waals surface area contributed by atoms with Crippen LogP contribution in [0.1, 0.15) is 11.1 Å². The van der Waals surface area contributed by atoms with Gasteiger partial charge in [0.25, 0.3) is 10.0 Å². The van der Waals surface area contributed by atoms with Gasteiger partial charge in [0.2, 0.25) is 0 Å². The van der Waals surface area contributed by atoms with Gasteiger partial charge in [0.05, 0.1) is 4.90 Å². The summed E-state index contributed by atoms with van der Waals surface area (Å²) in [7, 11) is -3.75.